The highest BCUT2D eigenvalue weighted by Gasteiger charge is 2.10. The average molecular weight is 252 g/mol. The summed E-state index contributed by atoms with van der Waals surface area (Å²) in [6.45, 7) is 0.415. The third kappa shape index (κ3) is 4.06. The zero-order valence-corrected chi connectivity index (χ0v) is 10.1. The molecule has 0 saturated heterocycles. The number of methoxy groups -OCH3 is 1. The van der Waals surface area contributed by atoms with Crippen LogP contribution in [0.25, 0.3) is 0 Å². The summed E-state index contributed by atoms with van der Waals surface area (Å²) < 4.78 is 4.60. The number of hydrogen-bond acceptors (Lipinski definition) is 5. The van der Waals surface area contributed by atoms with Crippen LogP contribution in [0.15, 0.2) is 24.3 Å². The Morgan fingerprint density at radius 2 is 2.22 bits per heavy atom. The summed E-state index contributed by atoms with van der Waals surface area (Å²) >= 11 is 0. The summed E-state index contributed by atoms with van der Waals surface area (Å²) in [5.74, 6) is -1.44. The van der Waals surface area contributed by atoms with E-state index >= 15 is 0 Å². The average Bonchev–Trinajstić information content (AvgIpc) is 2.37. The van der Waals surface area contributed by atoms with Gasteiger partial charge in [-0.15, -0.1) is 0 Å². The molecule has 1 unspecified atom stereocenters. The molecule has 0 aliphatic carbocycles. The molecule has 1 atom stereocenters. The molecular formula is C12H16N2O4. The molecule has 98 valence electrons. The number of benzene rings is 1. The van der Waals surface area contributed by atoms with E-state index in [2.05, 4.69) is 10.1 Å². The highest BCUT2D eigenvalue weighted by Crippen LogP contribution is 2.11. The van der Waals surface area contributed by atoms with Crippen molar-refractivity contribution in [3.8, 4) is 0 Å². The minimum absolute atomic E-state index is 0.303. The molecule has 0 amide bonds. The van der Waals surface area contributed by atoms with Gasteiger partial charge < -0.3 is 20.9 Å². The lowest BCUT2D eigenvalue weighted by atomic mass is 10.2. The first kappa shape index (κ1) is 14.0. The van der Waals surface area contributed by atoms with Crippen LogP contribution in [0.1, 0.15) is 16.8 Å². The molecular weight excluding hydrogens is 236 g/mol. The van der Waals surface area contributed by atoms with Gasteiger partial charge >= 0.3 is 11.9 Å². The summed E-state index contributed by atoms with van der Waals surface area (Å²) in [6.07, 6.45) is 0.303. The van der Waals surface area contributed by atoms with Crippen LogP contribution in [0.5, 0.6) is 0 Å². The molecule has 0 saturated carbocycles. The largest absolute Gasteiger partial charge is 0.480 e. The van der Waals surface area contributed by atoms with Gasteiger partial charge in [-0.3, -0.25) is 4.79 Å². The number of carbonyl (C=O) groups excluding carboxylic acids is 1. The molecule has 1 aromatic rings. The van der Waals surface area contributed by atoms with Gasteiger partial charge in [0, 0.05) is 12.2 Å². The van der Waals surface area contributed by atoms with Crippen molar-refractivity contribution in [3.05, 3.63) is 29.8 Å². The number of carbonyl (C=O) groups is 2. The van der Waals surface area contributed by atoms with E-state index in [9.17, 15) is 9.59 Å². The van der Waals surface area contributed by atoms with Crippen LogP contribution in [0, 0.1) is 0 Å². The third-order valence-electron chi connectivity index (χ3n) is 2.39. The van der Waals surface area contributed by atoms with Gasteiger partial charge in [0.15, 0.2) is 0 Å². The molecule has 1 aromatic carbocycles. The first-order valence-electron chi connectivity index (χ1n) is 5.45. The second-order valence-electron chi connectivity index (χ2n) is 3.73. The van der Waals surface area contributed by atoms with E-state index in [-0.39, 0.29) is 0 Å². The predicted octanol–water partition coefficient (Wildman–Crippen LogP) is 0.687. The van der Waals surface area contributed by atoms with Gasteiger partial charge in [-0.2, -0.15) is 0 Å². The number of nitrogens with two attached hydrogens (primary N) is 1. The van der Waals surface area contributed by atoms with Gasteiger partial charge in [0.25, 0.3) is 0 Å². The minimum atomic E-state index is -1.03. The lowest BCUT2D eigenvalue weighted by molar-refractivity contribution is -0.138. The first-order chi connectivity index (χ1) is 8.54. The standard InChI is InChI=1S/C12H16N2O4/c1-18-12(17)8-3-2-4-9(7-8)14-6-5-10(13)11(15)16/h2-4,7,10,14H,5-6,13H2,1H3,(H,15,16). The summed E-state index contributed by atoms with van der Waals surface area (Å²) in [7, 11) is 1.31. The van der Waals surface area contributed by atoms with Crippen LogP contribution in [0.2, 0.25) is 0 Å². The van der Waals surface area contributed by atoms with Gasteiger partial charge in [-0.25, -0.2) is 4.79 Å². The van der Waals surface area contributed by atoms with Crippen molar-refractivity contribution in [1.82, 2.24) is 0 Å². The number of nitrogens with one attached hydrogen (secondary N) is 1. The van der Waals surface area contributed by atoms with Gasteiger partial charge in [-0.1, -0.05) is 6.07 Å². The van der Waals surface area contributed by atoms with E-state index < -0.39 is 18.0 Å². The number of anilines is 1. The highest BCUT2D eigenvalue weighted by molar-refractivity contribution is 5.90. The topological polar surface area (TPSA) is 102 Å². The van der Waals surface area contributed by atoms with Crippen LogP contribution >= 0.6 is 0 Å². The van der Waals surface area contributed by atoms with Gasteiger partial charge in [0.2, 0.25) is 0 Å². The smallest absolute Gasteiger partial charge is 0.337 e. The van der Waals surface area contributed by atoms with Crippen molar-refractivity contribution in [2.24, 2.45) is 5.73 Å². The molecule has 0 spiro atoms. The van der Waals surface area contributed by atoms with E-state index in [1.165, 1.54) is 7.11 Å². The van der Waals surface area contributed by atoms with E-state index in [0.717, 1.165) is 5.69 Å². The SMILES string of the molecule is COC(=O)c1cccc(NCCC(N)C(=O)O)c1. The number of rotatable bonds is 6. The van der Waals surface area contributed by atoms with Crippen LogP contribution in [0.3, 0.4) is 0 Å². The first-order valence-corrected chi connectivity index (χ1v) is 5.45. The zero-order valence-electron chi connectivity index (χ0n) is 10.1. The Kier molecular flexibility index (Phi) is 5.13. The summed E-state index contributed by atoms with van der Waals surface area (Å²) in [6, 6.07) is 5.88. The fourth-order valence-corrected chi connectivity index (χ4v) is 1.37. The normalized spacial score (nSPS) is 11.7. The van der Waals surface area contributed by atoms with E-state index in [1.54, 1.807) is 24.3 Å². The Balaban J connectivity index is 2.53. The molecule has 0 aliphatic rings. The van der Waals surface area contributed by atoms with Crippen molar-refractivity contribution in [2.45, 2.75) is 12.5 Å². The third-order valence-corrected chi connectivity index (χ3v) is 2.39. The molecule has 0 aliphatic heterocycles. The minimum Gasteiger partial charge on any atom is -0.480 e. The maximum Gasteiger partial charge on any atom is 0.337 e. The maximum atomic E-state index is 11.3. The number of esters is 1. The Bertz CT molecular complexity index is 434. The Hall–Kier alpha value is -2.08. The second kappa shape index (κ2) is 6.61. The maximum absolute atomic E-state index is 11.3. The van der Waals surface area contributed by atoms with Crippen molar-refractivity contribution in [2.75, 3.05) is 19.0 Å². The molecule has 18 heavy (non-hydrogen) atoms. The van der Waals surface area contributed by atoms with Gasteiger partial charge in [0.1, 0.15) is 6.04 Å². The van der Waals surface area contributed by atoms with Crippen LogP contribution < -0.4 is 11.1 Å². The number of carboxylic acid groups (broad SMARTS) is 1. The lowest BCUT2D eigenvalue weighted by Crippen LogP contribution is -2.32. The van der Waals surface area contributed by atoms with Gasteiger partial charge in [-0.05, 0) is 24.6 Å². The van der Waals surface area contributed by atoms with Crippen molar-refractivity contribution in [1.29, 1.82) is 0 Å². The van der Waals surface area contributed by atoms with E-state index in [0.29, 0.717) is 18.5 Å². The fourth-order valence-electron chi connectivity index (χ4n) is 1.37. The molecule has 6 heteroatoms. The fraction of sp³-hybridized carbons (Fsp3) is 0.333. The zero-order chi connectivity index (χ0) is 13.5. The second-order valence-corrected chi connectivity index (χ2v) is 3.73. The molecule has 0 radical (unpaired) electrons. The monoisotopic (exact) mass is 252 g/mol. The number of carboxylic acids is 1. The van der Waals surface area contributed by atoms with Crippen molar-refractivity contribution >= 4 is 17.6 Å². The summed E-state index contributed by atoms with van der Waals surface area (Å²) in [4.78, 5) is 21.8. The predicted molar refractivity (Wildman–Crippen MR) is 66.5 cm³/mol. The Labute approximate surface area is 105 Å². The van der Waals surface area contributed by atoms with Crippen LogP contribution in [-0.2, 0) is 9.53 Å². The van der Waals surface area contributed by atoms with Crippen LogP contribution in [0.4, 0.5) is 5.69 Å². The number of aliphatic carboxylic acids is 1. The van der Waals surface area contributed by atoms with Crippen molar-refractivity contribution in [3.63, 3.8) is 0 Å². The molecule has 4 N–H and O–H groups in total. The quantitative estimate of drug-likeness (QED) is 0.644. The van der Waals surface area contributed by atoms with E-state index in [1.807, 2.05) is 0 Å². The lowest BCUT2D eigenvalue weighted by Gasteiger charge is -2.09. The van der Waals surface area contributed by atoms with Gasteiger partial charge in [0.05, 0.1) is 12.7 Å². The molecule has 0 bridgehead atoms. The number of ether oxygens (including phenoxy) is 1. The van der Waals surface area contributed by atoms with Crippen LogP contribution in [-0.4, -0.2) is 36.7 Å². The Morgan fingerprint density at radius 3 is 2.83 bits per heavy atom. The molecule has 0 fully saturated rings. The van der Waals surface area contributed by atoms with E-state index in [4.69, 9.17) is 10.8 Å². The summed E-state index contributed by atoms with van der Waals surface area (Å²) in [5.41, 5.74) is 6.52. The highest BCUT2D eigenvalue weighted by atomic mass is 16.5. The number of hydrogen-bond donors (Lipinski definition) is 3. The van der Waals surface area contributed by atoms with Crippen molar-refractivity contribution < 1.29 is 19.4 Å². The summed E-state index contributed by atoms with van der Waals surface area (Å²) in [5, 5.41) is 11.6. The molecule has 6 nitrogen and oxygen atoms in total. The molecule has 1 rings (SSSR count). The Morgan fingerprint density at radius 1 is 1.50 bits per heavy atom. The molecule has 0 heterocycles. The molecule has 0 aromatic heterocycles.